The first-order valence-corrected chi connectivity index (χ1v) is 8.71. The largest absolute Gasteiger partial charge is 0.497 e. The van der Waals surface area contributed by atoms with Gasteiger partial charge in [-0.2, -0.15) is 0 Å². The van der Waals surface area contributed by atoms with Crippen LogP contribution in [0.3, 0.4) is 0 Å². The van der Waals surface area contributed by atoms with Gasteiger partial charge in [0.15, 0.2) is 0 Å². The van der Waals surface area contributed by atoms with Gasteiger partial charge in [0.2, 0.25) is 11.8 Å². The third kappa shape index (κ3) is 5.49. The molecule has 0 bridgehead atoms. The molecule has 0 heterocycles. The number of carbonyl (C=O) groups excluding carboxylic acids is 2. The van der Waals surface area contributed by atoms with Crippen molar-refractivity contribution in [2.45, 2.75) is 33.0 Å². The van der Waals surface area contributed by atoms with Crippen LogP contribution in [0.4, 0.5) is 0 Å². The van der Waals surface area contributed by atoms with Crippen LogP contribution in [0.25, 0.3) is 0 Å². The maximum atomic E-state index is 12.5. The SMILES string of the molecule is COc1ccc(CN(C(C)=O)[C@@H](C)C(=O)NCc2ccc(Cl)cc2)cc1. The molecular weight excluding hydrogens is 352 g/mol. The predicted octanol–water partition coefficient (Wildman–Crippen LogP) is 3.40. The second-order valence-electron chi connectivity index (χ2n) is 6.02. The van der Waals surface area contributed by atoms with Crippen molar-refractivity contribution in [3.63, 3.8) is 0 Å². The first-order chi connectivity index (χ1) is 12.4. The van der Waals surface area contributed by atoms with E-state index in [1.165, 1.54) is 6.92 Å². The van der Waals surface area contributed by atoms with Crippen molar-refractivity contribution in [3.05, 3.63) is 64.7 Å². The van der Waals surface area contributed by atoms with E-state index in [4.69, 9.17) is 16.3 Å². The van der Waals surface area contributed by atoms with Crippen molar-refractivity contribution in [3.8, 4) is 5.75 Å². The predicted molar refractivity (Wildman–Crippen MR) is 102 cm³/mol. The topological polar surface area (TPSA) is 58.6 Å². The van der Waals surface area contributed by atoms with E-state index in [-0.39, 0.29) is 11.8 Å². The summed E-state index contributed by atoms with van der Waals surface area (Å²) in [5.74, 6) is 0.385. The molecule has 0 aliphatic heterocycles. The summed E-state index contributed by atoms with van der Waals surface area (Å²) >= 11 is 5.86. The van der Waals surface area contributed by atoms with E-state index in [0.29, 0.717) is 18.1 Å². The number of carbonyl (C=O) groups is 2. The molecule has 0 spiro atoms. The van der Waals surface area contributed by atoms with Gasteiger partial charge in [-0.25, -0.2) is 0 Å². The highest BCUT2D eigenvalue weighted by atomic mass is 35.5. The van der Waals surface area contributed by atoms with Gasteiger partial charge in [0.1, 0.15) is 11.8 Å². The number of rotatable bonds is 7. The van der Waals surface area contributed by atoms with Crippen molar-refractivity contribution >= 4 is 23.4 Å². The molecule has 2 rings (SSSR count). The van der Waals surface area contributed by atoms with Crippen molar-refractivity contribution in [1.29, 1.82) is 0 Å². The van der Waals surface area contributed by atoms with Gasteiger partial charge in [-0.05, 0) is 42.3 Å². The van der Waals surface area contributed by atoms with Gasteiger partial charge >= 0.3 is 0 Å². The molecule has 0 saturated heterocycles. The van der Waals surface area contributed by atoms with Crippen molar-refractivity contribution in [2.24, 2.45) is 0 Å². The standard InChI is InChI=1S/C20H23ClN2O3/c1-14(20(25)22-12-16-4-8-18(21)9-5-16)23(15(2)24)13-17-6-10-19(26-3)11-7-17/h4-11,14H,12-13H2,1-3H3,(H,22,25)/t14-/m0/s1. The Morgan fingerprint density at radius 2 is 1.65 bits per heavy atom. The maximum Gasteiger partial charge on any atom is 0.242 e. The van der Waals surface area contributed by atoms with E-state index < -0.39 is 6.04 Å². The van der Waals surface area contributed by atoms with E-state index in [0.717, 1.165) is 16.9 Å². The first kappa shape index (κ1) is 19.8. The average Bonchev–Trinajstić information content (AvgIpc) is 2.65. The maximum absolute atomic E-state index is 12.5. The Bertz CT molecular complexity index is 745. The molecule has 26 heavy (non-hydrogen) atoms. The molecule has 6 heteroatoms. The number of hydrogen-bond acceptors (Lipinski definition) is 3. The summed E-state index contributed by atoms with van der Waals surface area (Å²) in [6.45, 7) is 3.93. The molecule has 0 aromatic heterocycles. The van der Waals surface area contributed by atoms with Crippen LogP contribution in [-0.2, 0) is 22.7 Å². The molecule has 2 amide bonds. The average molecular weight is 375 g/mol. The minimum atomic E-state index is -0.582. The normalized spacial score (nSPS) is 11.5. The molecule has 0 radical (unpaired) electrons. The first-order valence-electron chi connectivity index (χ1n) is 8.33. The lowest BCUT2D eigenvalue weighted by Crippen LogP contribution is -2.46. The number of amides is 2. The van der Waals surface area contributed by atoms with Gasteiger partial charge < -0.3 is 15.0 Å². The Balaban J connectivity index is 1.99. The van der Waals surface area contributed by atoms with Crippen LogP contribution in [0.5, 0.6) is 5.75 Å². The van der Waals surface area contributed by atoms with Gasteiger partial charge in [0.05, 0.1) is 7.11 Å². The Kier molecular flexibility index (Phi) is 7.04. The fraction of sp³-hybridized carbons (Fsp3) is 0.300. The molecule has 0 saturated carbocycles. The molecule has 0 unspecified atom stereocenters. The fourth-order valence-electron chi connectivity index (χ4n) is 2.53. The van der Waals surface area contributed by atoms with Crippen LogP contribution in [0, 0.1) is 0 Å². The summed E-state index contributed by atoms with van der Waals surface area (Å²) in [6.07, 6.45) is 0. The van der Waals surface area contributed by atoms with E-state index in [1.54, 1.807) is 31.1 Å². The van der Waals surface area contributed by atoms with Gasteiger partial charge in [-0.1, -0.05) is 35.9 Å². The Morgan fingerprint density at radius 3 is 2.19 bits per heavy atom. The van der Waals surface area contributed by atoms with Gasteiger partial charge in [-0.3, -0.25) is 9.59 Å². The molecule has 0 fully saturated rings. The quantitative estimate of drug-likeness (QED) is 0.808. The lowest BCUT2D eigenvalue weighted by atomic mass is 10.1. The minimum Gasteiger partial charge on any atom is -0.497 e. The summed E-state index contributed by atoms with van der Waals surface area (Å²) in [5.41, 5.74) is 1.87. The van der Waals surface area contributed by atoms with E-state index in [1.807, 2.05) is 36.4 Å². The highest BCUT2D eigenvalue weighted by Crippen LogP contribution is 2.15. The number of nitrogens with zero attached hydrogens (tertiary/aromatic N) is 1. The van der Waals surface area contributed by atoms with Gasteiger partial charge in [-0.15, -0.1) is 0 Å². The highest BCUT2D eigenvalue weighted by molar-refractivity contribution is 6.30. The number of methoxy groups -OCH3 is 1. The number of benzene rings is 2. The molecule has 1 N–H and O–H groups in total. The zero-order valence-corrected chi connectivity index (χ0v) is 15.9. The van der Waals surface area contributed by atoms with E-state index in [2.05, 4.69) is 5.32 Å². The molecule has 5 nitrogen and oxygen atoms in total. The third-order valence-corrected chi connectivity index (χ3v) is 4.40. The Morgan fingerprint density at radius 1 is 1.08 bits per heavy atom. The second kappa shape index (κ2) is 9.25. The number of ether oxygens (including phenoxy) is 1. The summed E-state index contributed by atoms with van der Waals surface area (Å²) in [6, 6.07) is 14.1. The molecular formula is C20H23ClN2O3. The molecule has 138 valence electrons. The summed E-state index contributed by atoms with van der Waals surface area (Å²) in [5, 5.41) is 3.51. The summed E-state index contributed by atoms with van der Waals surface area (Å²) in [7, 11) is 1.60. The van der Waals surface area contributed by atoms with Gasteiger partial charge in [0, 0.05) is 25.0 Å². The van der Waals surface area contributed by atoms with Crippen LogP contribution in [0.1, 0.15) is 25.0 Å². The smallest absolute Gasteiger partial charge is 0.242 e. The van der Waals surface area contributed by atoms with Crippen LogP contribution < -0.4 is 10.1 Å². The lowest BCUT2D eigenvalue weighted by Gasteiger charge is -2.27. The molecule has 0 aliphatic rings. The van der Waals surface area contributed by atoms with Crippen LogP contribution in [0.15, 0.2) is 48.5 Å². The summed E-state index contributed by atoms with van der Waals surface area (Å²) in [4.78, 5) is 26.0. The monoisotopic (exact) mass is 374 g/mol. The van der Waals surface area contributed by atoms with E-state index >= 15 is 0 Å². The molecule has 2 aromatic rings. The van der Waals surface area contributed by atoms with Gasteiger partial charge in [0.25, 0.3) is 0 Å². The summed E-state index contributed by atoms with van der Waals surface area (Å²) < 4.78 is 5.14. The molecule has 2 aromatic carbocycles. The van der Waals surface area contributed by atoms with Crippen molar-refractivity contribution < 1.29 is 14.3 Å². The fourth-order valence-corrected chi connectivity index (χ4v) is 2.66. The number of halogens is 1. The minimum absolute atomic E-state index is 0.157. The lowest BCUT2D eigenvalue weighted by molar-refractivity contribution is -0.139. The molecule has 1 atom stereocenters. The van der Waals surface area contributed by atoms with Crippen molar-refractivity contribution in [1.82, 2.24) is 10.2 Å². The third-order valence-electron chi connectivity index (χ3n) is 4.14. The highest BCUT2D eigenvalue weighted by Gasteiger charge is 2.23. The Labute approximate surface area is 158 Å². The van der Waals surface area contributed by atoms with Crippen molar-refractivity contribution in [2.75, 3.05) is 7.11 Å². The number of hydrogen-bond donors (Lipinski definition) is 1. The number of nitrogens with one attached hydrogen (secondary N) is 1. The van der Waals surface area contributed by atoms with Crippen LogP contribution in [0.2, 0.25) is 5.02 Å². The zero-order valence-electron chi connectivity index (χ0n) is 15.2. The second-order valence-corrected chi connectivity index (χ2v) is 6.45. The zero-order chi connectivity index (χ0) is 19.1. The molecule has 0 aliphatic carbocycles. The van der Waals surface area contributed by atoms with Crippen LogP contribution >= 0.6 is 11.6 Å². The van der Waals surface area contributed by atoms with E-state index in [9.17, 15) is 9.59 Å². The Hall–Kier alpha value is -2.53. The van der Waals surface area contributed by atoms with Crippen LogP contribution in [-0.4, -0.2) is 29.9 Å².